The number of phenolic OH excluding ortho intramolecular Hbond substituents is 1. The van der Waals surface area contributed by atoms with Crippen LogP contribution in [-0.4, -0.2) is 17.0 Å². The van der Waals surface area contributed by atoms with Gasteiger partial charge in [0, 0.05) is 15.6 Å². The number of aliphatic imine (C=N–C) groups is 1. The highest BCUT2D eigenvalue weighted by atomic mass is 79.9. The van der Waals surface area contributed by atoms with Crippen molar-refractivity contribution in [3.8, 4) is 5.75 Å². The van der Waals surface area contributed by atoms with Gasteiger partial charge in [0.15, 0.2) is 5.70 Å². The average Bonchev–Trinajstić information content (AvgIpc) is 2.84. The lowest BCUT2D eigenvalue weighted by Crippen LogP contribution is -2.05. The van der Waals surface area contributed by atoms with Crippen molar-refractivity contribution < 1.29 is 14.6 Å². The Hall–Kier alpha value is -2.40. The van der Waals surface area contributed by atoms with Crippen LogP contribution < -0.4 is 0 Å². The maximum atomic E-state index is 11.9. The van der Waals surface area contributed by atoms with Gasteiger partial charge in [0.2, 0.25) is 5.90 Å². The van der Waals surface area contributed by atoms with Crippen LogP contribution >= 0.6 is 15.9 Å². The summed E-state index contributed by atoms with van der Waals surface area (Å²) in [5, 5.41) is 9.83. The number of hydrogen-bond acceptors (Lipinski definition) is 4. The van der Waals surface area contributed by atoms with E-state index in [4.69, 9.17) is 4.74 Å². The molecule has 0 fully saturated rings. The Labute approximate surface area is 135 Å². The predicted molar refractivity (Wildman–Crippen MR) is 87.6 cm³/mol. The summed E-state index contributed by atoms with van der Waals surface area (Å²) in [5.74, 6) is -0.187. The summed E-state index contributed by atoms with van der Waals surface area (Å²) in [5.41, 5.74) is 2.45. The van der Waals surface area contributed by atoms with Crippen LogP contribution in [-0.2, 0) is 9.53 Å². The molecule has 0 amide bonds. The second-order valence-electron chi connectivity index (χ2n) is 4.91. The zero-order valence-electron chi connectivity index (χ0n) is 11.7. The number of carbonyl (C=O) groups is 1. The van der Waals surface area contributed by atoms with Crippen LogP contribution in [0.15, 0.2) is 57.6 Å². The molecule has 0 spiro atoms. The van der Waals surface area contributed by atoms with Crippen molar-refractivity contribution >= 4 is 33.9 Å². The molecule has 22 heavy (non-hydrogen) atoms. The number of nitrogens with zero attached hydrogens (tertiary/aromatic N) is 1. The van der Waals surface area contributed by atoms with Crippen molar-refractivity contribution in [3.05, 3.63) is 69.3 Å². The summed E-state index contributed by atoms with van der Waals surface area (Å²) in [7, 11) is 0. The molecule has 1 aliphatic heterocycles. The molecule has 0 saturated heterocycles. The molecular weight excluding hydrogens is 346 g/mol. The number of esters is 1. The molecule has 0 unspecified atom stereocenters. The Morgan fingerprint density at radius 2 is 2.05 bits per heavy atom. The Morgan fingerprint density at radius 1 is 1.23 bits per heavy atom. The van der Waals surface area contributed by atoms with E-state index in [0.717, 1.165) is 15.6 Å². The molecule has 1 heterocycles. The first-order valence-corrected chi connectivity index (χ1v) is 7.40. The van der Waals surface area contributed by atoms with Gasteiger partial charge in [-0.1, -0.05) is 33.6 Å². The van der Waals surface area contributed by atoms with Crippen molar-refractivity contribution in [1.82, 2.24) is 0 Å². The molecule has 2 aromatic carbocycles. The third-order valence-corrected chi connectivity index (χ3v) is 3.66. The van der Waals surface area contributed by atoms with E-state index in [0.29, 0.717) is 5.56 Å². The molecule has 5 heteroatoms. The lowest BCUT2D eigenvalue weighted by Gasteiger charge is -2.00. The lowest BCUT2D eigenvalue weighted by molar-refractivity contribution is -0.129. The summed E-state index contributed by atoms with van der Waals surface area (Å²) < 4.78 is 6.00. The number of aryl methyl sites for hydroxylation is 1. The molecule has 110 valence electrons. The summed E-state index contributed by atoms with van der Waals surface area (Å²) in [6, 6.07) is 12.5. The van der Waals surface area contributed by atoms with E-state index in [2.05, 4.69) is 20.9 Å². The van der Waals surface area contributed by atoms with Crippen LogP contribution in [0.2, 0.25) is 0 Å². The molecule has 0 aliphatic carbocycles. The van der Waals surface area contributed by atoms with E-state index < -0.39 is 5.97 Å². The van der Waals surface area contributed by atoms with E-state index in [-0.39, 0.29) is 17.3 Å². The highest BCUT2D eigenvalue weighted by molar-refractivity contribution is 9.10. The van der Waals surface area contributed by atoms with E-state index in [1.807, 2.05) is 31.2 Å². The summed E-state index contributed by atoms with van der Waals surface area (Å²) in [6.07, 6.45) is 1.51. The Balaban J connectivity index is 1.99. The fraction of sp³-hybridized carbons (Fsp3) is 0.0588. The van der Waals surface area contributed by atoms with Gasteiger partial charge in [0.25, 0.3) is 0 Å². The Morgan fingerprint density at radius 3 is 2.82 bits per heavy atom. The second kappa shape index (κ2) is 5.77. The largest absolute Gasteiger partial charge is 0.507 e. The average molecular weight is 358 g/mol. The molecular formula is C17H12BrNO3. The summed E-state index contributed by atoms with van der Waals surface area (Å²) >= 11 is 3.32. The van der Waals surface area contributed by atoms with Crippen LogP contribution in [0.4, 0.5) is 0 Å². The molecule has 0 aromatic heterocycles. The van der Waals surface area contributed by atoms with Crippen LogP contribution in [0, 0.1) is 6.92 Å². The third kappa shape index (κ3) is 2.94. The monoisotopic (exact) mass is 357 g/mol. The van der Waals surface area contributed by atoms with Gasteiger partial charge >= 0.3 is 5.97 Å². The SMILES string of the molecule is Cc1cccc(C2=N/C(=C/c3cc(Br)ccc3O)C(=O)O2)c1. The molecule has 3 rings (SSSR count). The minimum Gasteiger partial charge on any atom is -0.507 e. The maximum Gasteiger partial charge on any atom is 0.363 e. The Bertz CT molecular complexity index is 824. The minimum absolute atomic E-state index is 0.0719. The number of ether oxygens (including phenoxy) is 1. The number of hydrogen-bond donors (Lipinski definition) is 1. The van der Waals surface area contributed by atoms with E-state index in [1.54, 1.807) is 18.2 Å². The molecule has 2 aromatic rings. The molecule has 1 aliphatic rings. The van der Waals surface area contributed by atoms with E-state index >= 15 is 0 Å². The molecule has 1 N–H and O–H groups in total. The minimum atomic E-state index is -0.532. The first-order valence-electron chi connectivity index (χ1n) is 6.61. The van der Waals surface area contributed by atoms with E-state index in [9.17, 15) is 9.90 Å². The smallest absolute Gasteiger partial charge is 0.363 e. The van der Waals surface area contributed by atoms with Crippen molar-refractivity contribution in [2.75, 3.05) is 0 Å². The molecule has 0 saturated carbocycles. The number of benzene rings is 2. The van der Waals surface area contributed by atoms with Gasteiger partial charge in [-0.25, -0.2) is 9.79 Å². The first kappa shape index (κ1) is 14.5. The number of halogens is 1. The van der Waals surface area contributed by atoms with Crippen molar-refractivity contribution in [2.24, 2.45) is 4.99 Å². The van der Waals surface area contributed by atoms with Gasteiger partial charge in [-0.2, -0.15) is 0 Å². The van der Waals surface area contributed by atoms with Crippen molar-refractivity contribution in [1.29, 1.82) is 0 Å². The number of aromatic hydroxyl groups is 1. The second-order valence-corrected chi connectivity index (χ2v) is 5.82. The standard InChI is InChI=1S/C17H12BrNO3/c1-10-3-2-4-11(7-10)16-19-14(17(21)22-16)9-12-8-13(18)5-6-15(12)20/h2-9,20H,1H3/b14-9+. The maximum absolute atomic E-state index is 11.9. The lowest BCUT2D eigenvalue weighted by atomic mass is 10.1. The van der Waals surface area contributed by atoms with Crippen molar-refractivity contribution in [3.63, 3.8) is 0 Å². The van der Waals surface area contributed by atoms with E-state index in [1.165, 1.54) is 6.08 Å². The van der Waals surface area contributed by atoms with Gasteiger partial charge in [-0.05, 0) is 43.3 Å². The number of phenols is 1. The quantitative estimate of drug-likeness (QED) is 0.656. The highest BCUT2D eigenvalue weighted by Gasteiger charge is 2.24. The van der Waals surface area contributed by atoms with Crippen LogP contribution in [0.5, 0.6) is 5.75 Å². The van der Waals surface area contributed by atoms with Gasteiger partial charge in [0.1, 0.15) is 5.75 Å². The van der Waals surface area contributed by atoms with Gasteiger partial charge in [-0.3, -0.25) is 0 Å². The van der Waals surface area contributed by atoms with Gasteiger partial charge in [-0.15, -0.1) is 0 Å². The topological polar surface area (TPSA) is 58.9 Å². The third-order valence-electron chi connectivity index (χ3n) is 3.17. The Kier molecular flexibility index (Phi) is 3.81. The summed E-state index contributed by atoms with van der Waals surface area (Å²) in [6.45, 7) is 1.96. The molecule has 0 radical (unpaired) electrons. The fourth-order valence-corrected chi connectivity index (χ4v) is 2.48. The van der Waals surface area contributed by atoms with Crippen LogP contribution in [0.3, 0.4) is 0 Å². The van der Waals surface area contributed by atoms with Crippen LogP contribution in [0.25, 0.3) is 6.08 Å². The zero-order valence-corrected chi connectivity index (χ0v) is 13.3. The zero-order chi connectivity index (χ0) is 15.7. The molecule has 4 nitrogen and oxygen atoms in total. The van der Waals surface area contributed by atoms with Crippen molar-refractivity contribution in [2.45, 2.75) is 6.92 Å². The first-order chi connectivity index (χ1) is 10.5. The molecule has 0 atom stereocenters. The predicted octanol–water partition coefficient (Wildman–Crippen LogP) is 3.81. The normalized spacial score (nSPS) is 15.8. The molecule has 0 bridgehead atoms. The number of carbonyl (C=O) groups excluding carboxylic acids is 1. The summed E-state index contributed by atoms with van der Waals surface area (Å²) in [4.78, 5) is 16.2. The number of cyclic esters (lactones) is 1. The van der Waals surface area contributed by atoms with Crippen LogP contribution in [0.1, 0.15) is 16.7 Å². The number of rotatable bonds is 2. The van der Waals surface area contributed by atoms with Gasteiger partial charge < -0.3 is 9.84 Å². The fourth-order valence-electron chi connectivity index (χ4n) is 2.10. The highest BCUT2D eigenvalue weighted by Crippen LogP contribution is 2.26. The van der Waals surface area contributed by atoms with Gasteiger partial charge in [0.05, 0.1) is 0 Å².